The number of nitrogens with two attached hydrogens (primary N) is 1. The van der Waals surface area contributed by atoms with Crippen molar-refractivity contribution < 1.29 is 0 Å². The van der Waals surface area contributed by atoms with Gasteiger partial charge in [-0.05, 0) is 16.2 Å². The zero-order chi connectivity index (χ0) is 13.1. The van der Waals surface area contributed by atoms with E-state index in [2.05, 4.69) is 63.8 Å². The van der Waals surface area contributed by atoms with Gasteiger partial charge in [-0.3, -0.25) is 0 Å². The van der Waals surface area contributed by atoms with Crippen molar-refractivity contribution in [3.63, 3.8) is 0 Å². The van der Waals surface area contributed by atoms with Gasteiger partial charge in [0, 0.05) is 6.54 Å². The van der Waals surface area contributed by atoms with Crippen molar-refractivity contribution in [2.45, 2.75) is 38.9 Å². The molecule has 2 N–H and O–H groups in total. The van der Waals surface area contributed by atoms with E-state index in [0.717, 1.165) is 0 Å². The average Bonchev–Trinajstić information content (AvgIpc) is 2.25. The smallest absolute Gasteiger partial charge is 0.0774 e. The molecule has 0 unspecified atom stereocenters. The van der Waals surface area contributed by atoms with Crippen LogP contribution in [-0.4, -0.2) is 14.6 Å². The maximum atomic E-state index is 5.91. The van der Waals surface area contributed by atoms with E-state index in [1.54, 1.807) is 0 Å². The number of rotatable bonds is 3. The standard InChI is InChI=1S/C15H25NSi/c1-15(2,3)17(4,5)12-14(11-16)13-9-7-6-8-10-13/h6-10,12H,11,16H2,1-5H3. The Labute approximate surface area is 107 Å². The molecule has 94 valence electrons. The van der Waals surface area contributed by atoms with Crippen LogP contribution in [0.4, 0.5) is 0 Å². The van der Waals surface area contributed by atoms with Crippen LogP contribution in [-0.2, 0) is 0 Å². The first kappa shape index (κ1) is 14.2. The Balaban J connectivity index is 3.12. The fourth-order valence-corrected chi connectivity index (χ4v) is 3.15. The third kappa shape index (κ3) is 3.55. The van der Waals surface area contributed by atoms with Crippen LogP contribution in [0.1, 0.15) is 26.3 Å². The largest absolute Gasteiger partial charge is 0.327 e. The zero-order valence-corrected chi connectivity index (χ0v) is 12.7. The minimum absolute atomic E-state index is 0.363. The Bertz CT molecular complexity index is 385. The first-order valence-corrected chi connectivity index (χ1v) is 9.33. The molecule has 1 aromatic rings. The average molecular weight is 247 g/mol. The van der Waals surface area contributed by atoms with Crippen LogP contribution >= 0.6 is 0 Å². The van der Waals surface area contributed by atoms with Gasteiger partial charge in [0.05, 0.1) is 8.07 Å². The second-order valence-corrected chi connectivity index (χ2v) is 11.4. The van der Waals surface area contributed by atoms with Gasteiger partial charge in [-0.25, -0.2) is 0 Å². The summed E-state index contributed by atoms with van der Waals surface area (Å²) in [5, 5.41) is 0.363. The Morgan fingerprint density at radius 1 is 1.18 bits per heavy atom. The third-order valence-electron chi connectivity index (χ3n) is 3.83. The van der Waals surface area contributed by atoms with Gasteiger partial charge in [0.2, 0.25) is 0 Å². The lowest BCUT2D eigenvalue weighted by Gasteiger charge is -2.35. The SMILES string of the molecule is CC(C)(C)[Si](C)(C)C=C(CN)c1ccccc1. The van der Waals surface area contributed by atoms with Crippen LogP contribution in [0.2, 0.25) is 18.1 Å². The quantitative estimate of drug-likeness (QED) is 0.800. The Morgan fingerprint density at radius 2 is 1.71 bits per heavy atom. The maximum Gasteiger partial charge on any atom is 0.0774 e. The molecule has 0 spiro atoms. The van der Waals surface area contributed by atoms with Crippen LogP contribution < -0.4 is 5.73 Å². The lowest BCUT2D eigenvalue weighted by molar-refractivity contribution is 0.729. The van der Waals surface area contributed by atoms with Gasteiger partial charge in [-0.1, -0.05) is 69.9 Å². The summed E-state index contributed by atoms with van der Waals surface area (Å²) in [7, 11) is -1.41. The number of hydrogen-bond donors (Lipinski definition) is 1. The van der Waals surface area contributed by atoms with Crippen LogP contribution in [0.5, 0.6) is 0 Å². The molecule has 0 saturated carbocycles. The molecule has 1 aromatic carbocycles. The van der Waals surface area contributed by atoms with E-state index < -0.39 is 8.07 Å². The van der Waals surface area contributed by atoms with Crippen molar-refractivity contribution in [3.05, 3.63) is 41.6 Å². The van der Waals surface area contributed by atoms with Gasteiger partial charge in [0.1, 0.15) is 0 Å². The van der Waals surface area contributed by atoms with Crippen molar-refractivity contribution in [2.75, 3.05) is 6.54 Å². The van der Waals surface area contributed by atoms with Gasteiger partial charge >= 0.3 is 0 Å². The summed E-state index contributed by atoms with van der Waals surface area (Å²) in [6, 6.07) is 10.5. The third-order valence-corrected chi connectivity index (χ3v) is 8.77. The molecule has 0 radical (unpaired) electrons. The predicted octanol–water partition coefficient (Wildman–Crippen LogP) is 4.08. The summed E-state index contributed by atoms with van der Waals surface area (Å²) >= 11 is 0. The first-order valence-electron chi connectivity index (χ1n) is 6.25. The summed E-state index contributed by atoms with van der Waals surface area (Å²) in [4.78, 5) is 0. The van der Waals surface area contributed by atoms with Gasteiger partial charge in [-0.15, -0.1) is 0 Å². The molecule has 1 rings (SSSR count). The predicted molar refractivity (Wildman–Crippen MR) is 80.7 cm³/mol. The summed E-state index contributed by atoms with van der Waals surface area (Å²) in [6.45, 7) is 12.4. The van der Waals surface area contributed by atoms with E-state index in [4.69, 9.17) is 5.73 Å². The highest BCUT2D eigenvalue weighted by molar-refractivity contribution is 6.85. The monoisotopic (exact) mass is 247 g/mol. The molecule has 1 nitrogen and oxygen atoms in total. The Hall–Kier alpha value is -0.863. The van der Waals surface area contributed by atoms with E-state index >= 15 is 0 Å². The van der Waals surface area contributed by atoms with Crippen molar-refractivity contribution in [2.24, 2.45) is 5.73 Å². The zero-order valence-electron chi connectivity index (χ0n) is 11.7. The van der Waals surface area contributed by atoms with E-state index in [9.17, 15) is 0 Å². The van der Waals surface area contributed by atoms with Gasteiger partial charge in [-0.2, -0.15) is 0 Å². The second kappa shape index (κ2) is 5.19. The lowest BCUT2D eigenvalue weighted by atomic mass is 10.1. The fourth-order valence-electron chi connectivity index (χ4n) is 1.56. The Morgan fingerprint density at radius 3 is 2.12 bits per heavy atom. The molecule has 0 aliphatic heterocycles. The number of benzene rings is 1. The maximum absolute atomic E-state index is 5.91. The number of hydrogen-bond acceptors (Lipinski definition) is 1. The topological polar surface area (TPSA) is 26.0 Å². The summed E-state index contributed by atoms with van der Waals surface area (Å²) in [5.74, 6) is 0. The van der Waals surface area contributed by atoms with Crippen molar-refractivity contribution in [1.29, 1.82) is 0 Å². The fraction of sp³-hybridized carbons (Fsp3) is 0.467. The Kier molecular flexibility index (Phi) is 4.34. The molecule has 0 aliphatic rings. The van der Waals surface area contributed by atoms with E-state index in [1.165, 1.54) is 11.1 Å². The molecule has 0 bridgehead atoms. The molecule has 2 heteroatoms. The summed E-state index contributed by atoms with van der Waals surface area (Å²) in [5.41, 5.74) is 10.9. The van der Waals surface area contributed by atoms with Gasteiger partial charge < -0.3 is 5.73 Å². The van der Waals surface area contributed by atoms with Gasteiger partial charge in [0.25, 0.3) is 0 Å². The molecule has 0 aliphatic carbocycles. The van der Waals surface area contributed by atoms with E-state index in [-0.39, 0.29) is 0 Å². The summed E-state index contributed by atoms with van der Waals surface area (Å²) in [6.07, 6.45) is 0. The summed E-state index contributed by atoms with van der Waals surface area (Å²) < 4.78 is 0. The molecule has 0 aromatic heterocycles. The molecule has 17 heavy (non-hydrogen) atoms. The van der Waals surface area contributed by atoms with Crippen molar-refractivity contribution in [3.8, 4) is 0 Å². The van der Waals surface area contributed by atoms with Crippen molar-refractivity contribution in [1.82, 2.24) is 0 Å². The van der Waals surface area contributed by atoms with E-state index in [0.29, 0.717) is 11.6 Å². The normalized spacial score (nSPS) is 13.9. The molecular formula is C15H25NSi. The minimum Gasteiger partial charge on any atom is -0.327 e. The van der Waals surface area contributed by atoms with Crippen LogP contribution in [0, 0.1) is 0 Å². The van der Waals surface area contributed by atoms with Crippen LogP contribution in [0.25, 0.3) is 5.57 Å². The lowest BCUT2D eigenvalue weighted by Crippen LogP contribution is -2.35. The van der Waals surface area contributed by atoms with Gasteiger partial charge in [0.15, 0.2) is 0 Å². The molecule has 0 fully saturated rings. The first-order chi connectivity index (χ1) is 7.78. The minimum atomic E-state index is -1.41. The molecule has 0 heterocycles. The van der Waals surface area contributed by atoms with Crippen molar-refractivity contribution >= 4 is 13.6 Å². The highest BCUT2D eigenvalue weighted by Gasteiger charge is 2.33. The highest BCUT2D eigenvalue weighted by atomic mass is 28.3. The highest BCUT2D eigenvalue weighted by Crippen LogP contribution is 2.38. The second-order valence-electron chi connectivity index (χ2n) is 6.21. The van der Waals surface area contributed by atoms with Crippen LogP contribution in [0.3, 0.4) is 0 Å². The molecular weight excluding hydrogens is 222 g/mol. The van der Waals surface area contributed by atoms with E-state index in [1.807, 2.05) is 6.07 Å². The molecule has 0 saturated heterocycles. The molecule has 0 amide bonds. The molecule has 0 atom stereocenters. The van der Waals surface area contributed by atoms with Crippen LogP contribution in [0.15, 0.2) is 36.0 Å².